The zero-order valence-electron chi connectivity index (χ0n) is 11.7. The lowest BCUT2D eigenvalue weighted by atomic mass is 10.0. The van der Waals surface area contributed by atoms with Gasteiger partial charge < -0.3 is 5.32 Å². The van der Waals surface area contributed by atoms with Crippen molar-refractivity contribution in [3.8, 4) is 11.3 Å². The monoisotopic (exact) mass is 357 g/mol. The van der Waals surface area contributed by atoms with E-state index in [0.717, 1.165) is 24.1 Å². The summed E-state index contributed by atoms with van der Waals surface area (Å²) < 4.78 is 23.7. The first-order valence-electron chi connectivity index (χ1n) is 6.62. The fraction of sp³-hybridized carbons (Fsp3) is 0.286. The fourth-order valence-electron chi connectivity index (χ4n) is 2.39. The maximum atomic E-state index is 11.8. The molecule has 116 valence electrons. The first kappa shape index (κ1) is 15.7. The third-order valence-electron chi connectivity index (χ3n) is 3.43. The van der Waals surface area contributed by atoms with Crippen LogP contribution in [0.2, 0.25) is 10.0 Å². The van der Waals surface area contributed by atoms with Gasteiger partial charge in [-0.05, 0) is 18.2 Å². The molecule has 0 saturated carbocycles. The Labute approximate surface area is 138 Å². The first-order chi connectivity index (χ1) is 10.4. The molecule has 8 heteroatoms. The third kappa shape index (κ3) is 2.96. The van der Waals surface area contributed by atoms with Crippen molar-refractivity contribution >= 4 is 33.0 Å². The SMILES string of the molecule is CS(=O)(=O)c1nc2c(c(-c3ccc(Cl)cc3Cl)n1)CNCC2. The van der Waals surface area contributed by atoms with Gasteiger partial charge in [-0.2, -0.15) is 0 Å². The average Bonchev–Trinajstić information content (AvgIpc) is 2.45. The van der Waals surface area contributed by atoms with Crippen LogP contribution in [0, 0.1) is 0 Å². The number of halogens is 2. The smallest absolute Gasteiger partial charge is 0.247 e. The molecule has 0 bridgehead atoms. The van der Waals surface area contributed by atoms with E-state index in [-0.39, 0.29) is 5.16 Å². The molecule has 2 aromatic rings. The molecule has 1 aliphatic heterocycles. The highest BCUT2D eigenvalue weighted by Crippen LogP contribution is 2.33. The van der Waals surface area contributed by atoms with E-state index in [4.69, 9.17) is 23.2 Å². The maximum Gasteiger partial charge on any atom is 0.247 e. The molecule has 3 rings (SSSR count). The minimum atomic E-state index is -3.50. The number of hydrogen-bond acceptors (Lipinski definition) is 5. The van der Waals surface area contributed by atoms with Crippen LogP contribution in [0.1, 0.15) is 11.3 Å². The second-order valence-corrected chi connectivity index (χ2v) is 7.86. The van der Waals surface area contributed by atoms with Gasteiger partial charge in [0.25, 0.3) is 0 Å². The van der Waals surface area contributed by atoms with Crippen LogP contribution in [0.25, 0.3) is 11.3 Å². The molecule has 1 N–H and O–H groups in total. The minimum absolute atomic E-state index is 0.172. The van der Waals surface area contributed by atoms with Gasteiger partial charge in [-0.3, -0.25) is 0 Å². The molecule has 1 aromatic heterocycles. The second kappa shape index (κ2) is 5.77. The molecule has 1 aromatic carbocycles. The van der Waals surface area contributed by atoms with Crippen LogP contribution >= 0.6 is 23.2 Å². The van der Waals surface area contributed by atoms with Gasteiger partial charge in [0.15, 0.2) is 0 Å². The normalized spacial score (nSPS) is 14.7. The first-order valence-corrected chi connectivity index (χ1v) is 9.27. The summed E-state index contributed by atoms with van der Waals surface area (Å²) in [5.74, 6) is 0. The van der Waals surface area contributed by atoms with Crippen molar-refractivity contribution in [2.45, 2.75) is 18.1 Å². The van der Waals surface area contributed by atoms with Gasteiger partial charge in [0.2, 0.25) is 15.0 Å². The molecule has 1 aliphatic rings. The van der Waals surface area contributed by atoms with E-state index in [9.17, 15) is 8.42 Å². The van der Waals surface area contributed by atoms with E-state index in [1.807, 2.05) is 0 Å². The third-order valence-corrected chi connectivity index (χ3v) is 4.82. The van der Waals surface area contributed by atoms with Gasteiger partial charge >= 0.3 is 0 Å². The van der Waals surface area contributed by atoms with Crippen LogP contribution < -0.4 is 5.32 Å². The summed E-state index contributed by atoms with van der Waals surface area (Å²) in [6.07, 6.45) is 1.75. The molecule has 0 radical (unpaired) electrons. The average molecular weight is 358 g/mol. The number of nitrogens with one attached hydrogen (secondary N) is 1. The standard InChI is InChI=1S/C14H13Cl2N3O2S/c1-22(20,21)14-18-12-4-5-17-7-10(12)13(19-14)9-3-2-8(15)6-11(9)16/h2-3,6,17H,4-5,7H2,1H3. The molecule has 0 unspecified atom stereocenters. The van der Waals surface area contributed by atoms with E-state index < -0.39 is 9.84 Å². The molecule has 0 fully saturated rings. The van der Waals surface area contributed by atoms with Gasteiger partial charge in [0.05, 0.1) is 16.4 Å². The summed E-state index contributed by atoms with van der Waals surface area (Å²) in [5, 5.41) is 4.01. The van der Waals surface area contributed by atoms with Gasteiger partial charge in [-0.15, -0.1) is 0 Å². The van der Waals surface area contributed by atoms with E-state index >= 15 is 0 Å². The Morgan fingerprint density at radius 3 is 2.68 bits per heavy atom. The predicted molar refractivity (Wildman–Crippen MR) is 86.0 cm³/mol. The van der Waals surface area contributed by atoms with Gasteiger partial charge in [-0.1, -0.05) is 23.2 Å². The Kier molecular flexibility index (Phi) is 4.11. The van der Waals surface area contributed by atoms with E-state index in [1.54, 1.807) is 18.2 Å². The van der Waals surface area contributed by atoms with Crippen molar-refractivity contribution in [3.05, 3.63) is 39.5 Å². The Hall–Kier alpha value is -1.21. The summed E-state index contributed by atoms with van der Waals surface area (Å²) in [5.41, 5.74) is 2.82. The molecule has 2 heterocycles. The molecule has 0 amide bonds. The lowest BCUT2D eigenvalue weighted by Crippen LogP contribution is -2.27. The number of aromatic nitrogens is 2. The zero-order chi connectivity index (χ0) is 15.9. The molecule has 0 aliphatic carbocycles. The summed E-state index contributed by atoms with van der Waals surface area (Å²) >= 11 is 12.2. The molecule has 22 heavy (non-hydrogen) atoms. The highest BCUT2D eigenvalue weighted by molar-refractivity contribution is 7.90. The molecule has 0 spiro atoms. The minimum Gasteiger partial charge on any atom is -0.312 e. The Bertz CT molecular complexity index is 853. The molecule has 5 nitrogen and oxygen atoms in total. The highest BCUT2D eigenvalue weighted by Gasteiger charge is 2.23. The van der Waals surface area contributed by atoms with Crippen molar-refractivity contribution in [2.75, 3.05) is 12.8 Å². The van der Waals surface area contributed by atoms with Gasteiger partial charge in [0.1, 0.15) is 0 Å². The van der Waals surface area contributed by atoms with Crippen molar-refractivity contribution < 1.29 is 8.42 Å². The number of hydrogen-bond donors (Lipinski definition) is 1. The number of sulfone groups is 1. The molecular weight excluding hydrogens is 345 g/mol. The Morgan fingerprint density at radius 2 is 2.00 bits per heavy atom. The van der Waals surface area contributed by atoms with Crippen molar-refractivity contribution in [1.29, 1.82) is 0 Å². The quantitative estimate of drug-likeness (QED) is 0.836. The van der Waals surface area contributed by atoms with Crippen LogP contribution in [-0.2, 0) is 22.8 Å². The van der Waals surface area contributed by atoms with Gasteiger partial charge in [0, 0.05) is 41.9 Å². The summed E-state index contributed by atoms with van der Waals surface area (Å²) in [6, 6.07) is 5.06. The number of fused-ring (bicyclic) bond motifs is 1. The molecular formula is C14H13Cl2N3O2S. The fourth-order valence-corrected chi connectivity index (χ4v) is 3.42. The summed E-state index contributed by atoms with van der Waals surface area (Å²) in [7, 11) is -3.50. The summed E-state index contributed by atoms with van der Waals surface area (Å²) in [6.45, 7) is 1.33. The van der Waals surface area contributed by atoms with Crippen LogP contribution in [0.4, 0.5) is 0 Å². The highest BCUT2D eigenvalue weighted by atomic mass is 35.5. The van der Waals surface area contributed by atoms with Crippen molar-refractivity contribution in [3.63, 3.8) is 0 Å². The van der Waals surface area contributed by atoms with E-state index in [0.29, 0.717) is 34.3 Å². The second-order valence-electron chi connectivity index (χ2n) is 5.10. The van der Waals surface area contributed by atoms with Crippen LogP contribution in [0.3, 0.4) is 0 Å². The lowest BCUT2D eigenvalue weighted by molar-refractivity contribution is 0.582. The predicted octanol–water partition coefficient (Wildman–Crippen LogP) is 2.50. The molecule has 0 atom stereocenters. The molecule has 0 saturated heterocycles. The van der Waals surface area contributed by atoms with Crippen molar-refractivity contribution in [2.24, 2.45) is 0 Å². The Morgan fingerprint density at radius 1 is 1.23 bits per heavy atom. The number of nitrogens with zero attached hydrogens (tertiary/aromatic N) is 2. The van der Waals surface area contributed by atoms with Crippen LogP contribution in [-0.4, -0.2) is 31.2 Å². The zero-order valence-corrected chi connectivity index (χ0v) is 14.1. The van der Waals surface area contributed by atoms with Crippen LogP contribution in [0.5, 0.6) is 0 Å². The largest absolute Gasteiger partial charge is 0.312 e. The lowest BCUT2D eigenvalue weighted by Gasteiger charge is -2.20. The van der Waals surface area contributed by atoms with Crippen molar-refractivity contribution in [1.82, 2.24) is 15.3 Å². The topological polar surface area (TPSA) is 72.0 Å². The Balaban J connectivity index is 2.29. The number of benzene rings is 1. The maximum absolute atomic E-state index is 11.8. The summed E-state index contributed by atoms with van der Waals surface area (Å²) in [4.78, 5) is 8.46. The van der Waals surface area contributed by atoms with Crippen LogP contribution in [0.15, 0.2) is 23.4 Å². The van der Waals surface area contributed by atoms with E-state index in [1.165, 1.54) is 0 Å². The van der Waals surface area contributed by atoms with E-state index in [2.05, 4.69) is 15.3 Å². The van der Waals surface area contributed by atoms with Gasteiger partial charge in [-0.25, -0.2) is 18.4 Å². The number of rotatable bonds is 2.